The van der Waals surface area contributed by atoms with Gasteiger partial charge in [0.2, 0.25) is 5.88 Å². The Morgan fingerprint density at radius 2 is 2.27 bits per heavy atom. The van der Waals surface area contributed by atoms with E-state index in [1.807, 2.05) is 0 Å². The maximum absolute atomic E-state index is 13.1. The summed E-state index contributed by atoms with van der Waals surface area (Å²) in [6.45, 7) is -0.239. The lowest BCUT2D eigenvalue weighted by atomic mass is 10.1. The molecule has 1 atom stereocenters. The average molecular weight is 408 g/mol. The Morgan fingerprint density at radius 1 is 1.40 bits per heavy atom. The van der Waals surface area contributed by atoms with Crippen LogP contribution in [0.2, 0.25) is 0 Å². The van der Waals surface area contributed by atoms with E-state index in [1.54, 1.807) is 41.4 Å². The van der Waals surface area contributed by atoms with Crippen molar-refractivity contribution in [3.63, 3.8) is 0 Å². The van der Waals surface area contributed by atoms with Gasteiger partial charge in [0, 0.05) is 36.1 Å². The molecule has 0 saturated heterocycles. The zero-order chi connectivity index (χ0) is 21.1. The molecule has 154 valence electrons. The number of amides is 1. The molecule has 0 bridgehead atoms. The normalized spacial score (nSPS) is 12.1. The van der Waals surface area contributed by atoms with Gasteiger partial charge in [0.25, 0.3) is 5.91 Å². The van der Waals surface area contributed by atoms with Gasteiger partial charge in [-0.2, -0.15) is 5.10 Å². The first-order chi connectivity index (χ1) is 14.6. The Kier molecular flexibility index (Phi) is 5.26. The van der Waals surface area contributed by atoms with Crippen LogP contribution >= 0.6 is 0 Å². The SMILES string of the molecule is COc1cc(-c2cc(C(=O)N[C@@H](CO)Cc3cnc[nH]3)c3c(N)ncnn23)ccn1. The van der Waals surface area contributed by atoms with Crippen LogP contribution in [0.3, 0.4) is 0 Å². The smallest absolute Gasteiger partial charge is 0.254 e. The minimum absolute atomic E-state index is 0.163. The van der Waals surface area contributed by atoms with Crippen LogP contribution < -0.4 is 15.8 Å². The van der Waals surface area contributed by atoms with Crippen LogP contribution in [0.15, 0.2) is 43.2 Å². The summed E-state index contributed by atoms with van der Waals surface area (Å²) in [5.41, 5.74) is 8.89. The number of H-pyrrole nitrogens is 1. The van der Waals surface area contributed by atoms with Crippen molar-refractivity contribution in [1.29, 1.82) is 0 Å². The molecule has 11 heteroatoms. The van der Waals surface area contributed by atoms with Crippen LogP contribution in [-0.2, 0) is 6.42 Å². The Bertz CT molecular complexity index is 1170. The second-order valence-electron chi connectivity index (χ2n) is 6.57. The van der Waals surface area contributed by atoms with E-state index >= 15 is 0 Å². The monoisotopic (exact) mass is 408 g/mol. The fourth-order valence-corrected chi connectivity index (χ4v) is 3.21. The average Bonchev–Trinajstić information content (AvgIpc) is 3.41. The number of imidazole rings is 1. The number of hydrogen-bond acceptors (Lipinski definition) is 8. The van der Waals surface area contributed by atoms with Crippen molar-refractivity contribution in [3.05, 3.63) is 54.5 Å². The van der Waals surface area contributed by atoms with Crippen molar-refractivity contribution < 1.29 is 14.6 Å². The number of ether oxygens (including phenoxy) is 1. The molecule has 0 radical (unpaired) electrons. The molecule has 0 saturated carbocycles. The minimum atomic E-state index is -0.511. The molecule has 30 heavy (non-hydrogen) atoms. The largest absolute Gasteiger partial charge is 0.481 e. The van der Waals surface area contributed by atoms with E-state index in [0.717, 1.165) is 11.3 Å². The van der Waals surface area contributed by atoms with Crippen LogP contribution in [-0.4, -0.2) is 60.3 Å². The number of aromatic nitrogens is 6. The highest BCUT2D eigenvalue weighted by Gasteiger charge is 2.22. The fraction of sp³-hybridized carbons (Fsp3) is 0.211. The molecular formula is C19H20N8O3. The zero-order valence-corrected chi connectivity index (χ0v) is 16.1. The Hall–Kier alpha value is -3.99. The summed E-state index contributed by atoms with van der Waals surface area (Å²) in [5, 5.41) is 16.8. The maximum Gasteiger partial charge on any atom is 0.254 e. The van der Waals surface area contributed by atoms with Crippen molar-refractivity contribution in [2.75, 3.05) is 19.5 Å². The highest BCUT2D eigenvalue weighted by atomic mass is 16.5. The lowest BCUT2D eigenvalue weighted by Gasteiger charge is -2.15. The summed E-state index contributed by atoms with van der Waals surface area (Å²) in [6, 6.07) is 4.67. The van der Waals surface area contributed by atoms with Gasteiger partial charge in [-0.1, -0.05) is 0 Å². The van der Waals surface area contributed by atoms with Crippen molar-refractivity contribution in [1.82, 2.24) is 34.9 Å². The van der Waals surface area contributed by atoms with Crippen LogP contribution in [0, 0.1) is 0 Å². The number of carbonyl (C=O) groups is 1. The number of aliphatic hydroxyl groups excluding tert-OH is 1. The van der Waals surface area contributed by atoms with E-state index in [0.29, 0.717) is 29.1 Å². The number of rotatable bonds is 7. The molecule has 0 fully saturated rings. The van der Waals surface area contributed by atoms with Gasteiger partial charge >= 0.3 is 0 Å². The van der Waals surface area contributed by atoms with Crippen LogP contribution in [0.4, 0.5) is 5.82 Å². The molecule has 0 spiro atoms. The summed E-state index contributed by atoms with van der Waals surface area (Å²) in [7, 11) is 1.52. The number of fused-ring (bicyclic) bond motifs is 1. The first kappa shape index (κ1) is 19.3. The Balaban J connectivity index is 1.72. The van der Waals surface area contributed by atoms with Gasteiger partial charge in [-0.15, -0.1) is 0 Å². The Morgan fingerprint density at radius 3 is 3.00 bits per heavy atom. The molecule has 0 aliphatic rings. The molecule has 0 aliphatic carbocycles. The number of carbonyl (C=O) groups excluding carboxylic acids is 1. The summed E-state index contributed by atoms with van der Waals surface area (Å²) in [4.78, 5) is 28.1. The summed E-state index contributed by atoms with van der Waals surface area (Å²) in [6.07, 6.45) is 6.50. The first-order valence-electron chi connectivity index (χ1n) is 9.12. The Labute approximate surface area is 171 Å². The number of aromatic amines is 1. The number of aliphatic hydroxyl groups is 1. The highest BCUT2D eigenvalue weighted by molar-refractivity contribution is 6.05. The quantitative estimate of drug-likeness (QED) is 0.343. The third-order valence-corrected chi connectivity index (χ3v) is 4.64. The second-order valence-corrected chi connectivity index (χ2v) is 6.57. The van der Waals surface area contributed by atoms with E-state index in [2.05, 4.69) is 30.4 Å². The number of anilines is 1. The molecule has 4 aromatic rings. The van der Waals surface area contributed by atoms with Crippen molar-refractivity contribution in [2.24, 2.45) is 0 Å². The van der Waals surface area contributed by atoms with E-state index in [9.17, 15) is 9.90 Å². The number of nitrogens with two attached hydrogens (primary N) is 1. The molecule has 4 aromatic heterocycles. The van der Waals surface area contributed by atoms with E-state index in [-0.39, 0.29) is 12.4 Å². The predicted octanol–water partition coefficient (Wildman–Crippen LogP) is 0.439. The second kappa shape index (κ2) is 8.17. The third kappa shape index (κ3) is 3.65. The topological polar surface area (TPSA) is 156 Å². The highest BCUT2D eigenvalue weighted by Crippen LogP contribution is 2.29. The number of pyridine rings is 1. The summed E-state index contributed by atoms with van der Waals surface area (Å²) < 4.78 is 6.74. The number of nitrogens with zero attached hydrogens (tertiary/aromatic N) is 5. The lowest BCUT2D eigenvalue weighted by molar-refractivity contribution is 0.0918. The molecule has 0 aliphatic heterocycles. The first-order valence-corrected chi connectivity index (χ1v) is 9.12. The zero-order valence-electron chi connectivity index (χ0n) is 16.1. The van der Waals surface area contributed by atoms with Gasteiger partial charge in [0.05, 0.1) is 37.3 Å². The molecule has 4 rings (SSSR count). The standard InChI is InChI=1S/C19H20N8O3/c1-30-16-4-11(2-3-22-16)15-6-14(17-18(20)24-10-25-27(15)17)19(29)26-13(8-28)5-12-7-21-9-23-12/h2-4,6-7,9-10,13,28H,5,8H2,1H3,(H,21,23)(H,26,29)(H2,20,24,25)/t13-/m1/s1. The maximum atomic E-state index is 13.1. The van der Waals surface area contributed by atoms with Gasteiger partial charge in [-0.3, -0.25) is 4.79 Å². The van der Waals surface area contributed by atoms with Crippen molar-refractivity contribution in [3.8, 4) is 17.1 Å². The molecule has 0 aromatic carbocycles. The van der Waals surface area contributed by atoms with Crippen LogP contribution in [0.25, 0.3) is 16.8 Å². The molecule has 1 amide bonds. The third-order valence-electron chi connectivity index (χ3n) is 4.64. The van der Waals surface area contributed by atoms with Crippen molar-refractivity contribution in [2.45, 2.75) is 12.5 Å². The summed E-state index contributed by atoms with van der Waals surface area (Å²) >= 11 is 0. The van der Waals surface area contributed by atoms with Gasteiger partial charge in [-0.25, -0.2) is 19.5 Å². The van der Waals surface area contributed by atoms with Crippen LogP contribution in [0.1, 0.15) is 16.1 Å². The van der Waals surface area contributed by atoms with E-state index in [4.69, 9.17) is 10.5 Å². The van der Waals surface area contributed by atoms with Gasteiger partial charge in [0.15, 0.2) is 5.82 Å². The fourth-order valence-electron chi connectivity index (χ4n) is 3.21. The van der Waals surface area contributed by atoms with Gasteiger partial charge in [0.1, 0.15) is 11.8 Å². The van der Waals surface area contributed by atoms with E-state index in [1.165, 1.54) is 13.4 Å². The molecule has 4 heterocycles. The lowest BCUT2D eigenvalue weighted by Crippen LogP contribution is -2.39. The van der Waals surface area contributed by atoms with Gasteiger partial charge < -0.3 is 25.9 Å². The number of hydrogen-bond donors (Lipinski definition) is 4. The molecular weight excluding hydrogens is 388 g/mol. The number of nitrogens with one attached hydrogen (secondary N) is 2. The number of nitrogen functional groups attached to an aromatic ring is 1. The van der Waals surface area contributed by atoms with Crippen molar-refractivity contribution >= 4 is 17.2 Å². The predicted molar refractivity (Wildman–Crippen MR) is 108 cm³/mol. The van der Waals surface area contributed by atoms with E-state index < -0.39 is 11.9 Å². The number of methoxy groups -OCH3 is 1. The summed E-state index contributed by atoms with van der Waals surface area (Å²) in [5.74, 6) is 0.187. The van der Waals surface area contributed by atoms with Crippen LogP contribution in [0.5, 0.6) is 5.88 Å². The molecule has 0 unspecified atom stereocenters. The molecule has 11 nitrogen and oxygen atoms in total. The minimum Gasteiger partial charge on any atom is -0.481 e. The van der Waals surface area contributed by atoms with Gasteiger partial charge in [-0.05, 0) is 12.1 Å². The molecule has 5 N–H and O–H groups in total.